The van der Waals surface area contributed by atoms with Crippen LogP contribution < -0.4 is 4.90 Å². The molecule has 1 unspecified atom stereocenters. The Labute approximate surface area is 139 Å². The summed E-state index contributed by atoms with van der Waals surface area (Å²) < 4.78 is 0. The van der Waals surface area contributed by atoms with E-state index < -0.39 is 0 Å². The van der Waals surface area contributed by atoms with Crippen LogP contribution in [0.2, 0.25) is 0 Å². The average Bonchev–Trinajstić information content (AvgIpc) is 2.96. The number of nitrogens with zero attached hydrogens (tertiary/aromatic N) is 2. The summed E-state index contributed by atoms with van der Waals surface area (Å²) in [6.45, 7) is 0.697. The maximum Gasteiger partial charge on any atom is 0.257 e. The van der Waals surface area contributed by atoms with Crippen LogP contribution in [0, 0.1) is 0 Å². The van der Waals surface area contributed by atoms with E-state index in [1.165, 1.54) is 5.56 Å². The molecule has 5 rings (SSSR count). The molecule has 1 atom stereocenters. The fourth-order valence-corrected chi connectivity index (χ4v) is 4.13. The van der Waals surface area contributed by atoms with E-state index in [1.807, 2.05) is 42.3 Å². The largest absolute Gasteiger partial charge is 0.508 e. The first-order valence-corrected chi connectivity index (χ1v) is 8.11. The predicted molar refractivity (Wildman–Crippen MR) is 92.3 cm³/mol. The average molecular weight is 319 g/mol. The monoisotopic (exact) mass is 319 g/mol. The Hall–Kier alpha value is -2.95. The zero-order valence-corrected chi connectivity index (χ0v) is 13.3. The summed E-state index contributed by atoms with van der Waals surface area (Å²) in [6, 6.07) is 13.2. The van der Waals surface area contributed by atoms with Crippen LogP contribution in [0.25, 0.3) is 10.9 Å². The number of para-hydroxylation sites is 1. The van der Waals surface area contributed by atoms with Gasteiger partial charge in [-0.3, -0.25) is 4.79 Å². The molecule has 0 saturated heterocycles. The Balaban J connectivity index is 1.74. The summed E-state index contributed by atoms with van der Waals surface area (Å²) in [7, 11) is 2.03. The summed E-state index contributed by atoms with van der Waals surface area (Å²) in [5.41, 5.74) is 4.92. The predicted octanol–water partition coefficient (Wildman–Crippen LogP) is 3.02. The molecule has 2 aromatic carbocycles. The van der Waals surface area contributed by atoms with Gasteiger partial charge in [-0.15, -0.1) is 0 Å². The van der Waals surface area contributed by atoms with Crippen molar-refractivity contribution in [1.82, 2.24) is 9.88 Å². The number of phenolic OH excluding ortho intramolecular Hbond substituents is 1. The molecule has 1 amide bonds. The molecule has 24 heavy (non-hydrogen) atoms. The van der Waals surface area contributed by atoms with Gasteiger partial charge in [0.25, 0.3) is 5.91 Å². The van der Waals surface area contributed by atoms with Gasteiger partial charge < -0.3 is 19.9 Å². The Morgan fingerprint density at radius 2 is 2.04 bits per heavy atom. The van der Waals surface area contributed by atoms with Gasteiger partial charge in [0.05, 0.1) is 16.9 Å². The van der Waals surface area contributed by atoms with E-state index in [9.17, 15) is 9.90 Å². The van der Waals surface area contributed by atoms with E-state index in [2.05, 4.69) is 9.88 Å². The number of H-pyrrole nitrogens is 1. The second-order valence-electron chi connectivity index (χ2n) is 6.50. The number of aromatic nitrogens is 1. The fourth-order valence-electron chi connectivity index (χ4n) is 4.13. The molecule has 120 valence electrons. The minimum atomic E-state index is -0.134. The Morgan fingerprint density at radius 3 is 2.92 bits per heavy atom. The number of carbonyl (C=O) groups is 1. The normalized spacial score (nSPS) is 19.2. The number of anilines is 1. The molecule has 0 spiro atoms. The van der Waals surface area contributed by atoms with E-state index in [0.717, 1.165) is 34.3 Å². The Morgan fingerprint density at radius 1 is 1.21 bits per heavy atom. The van der Waals surface area contributed by atoms with Crippen LogP contribution in [0.3, 0.4) is 0 Å². The standard InChI is InChI=1S/C19H17N3O2/c1-21-16-5-3-2-4-14(16)19(24)22-9-8-13-12-7-6-11(23)10-15(12)20-17(13)18(21)22/h2-7,10,18,20,23H,8-9H2,1H3. The molecule has 0 fully saturated rings. The van der Waals surface area contributed by atoms with Crippen molar-refractivity contribution in [1.29, 1.82) is 0 Å². The summed E-state index contributed by atoms with van der Waals surface area (Å²) in [6.07, 6.45) is 0.684. The van der Waals surface area contributed by atoms with E-state index in [4.69, 9.17) is 0 Å². The molecule has 0 bridgehead atoms. The van der Waals surface area contributed by atoms with Crippen molar-refractivity contribution < 1.29 is 9.90 Å². The van der Waals surface area contributed by atoms with Gasteiger partial charge in [-0.25, -0.2) is 0 Å². The van der Waals surface area contributed by atoms with Gasteiger partial charge in [0.15, 0.2) is 0 Å². The van der Waals surface area contributed by atoms with E-state index in [0.29, 0.717) is 6.54 Å². The first kappa shape index (κ1) is 13.5. The maximum atomic E-state index is 12.9. The molecule has 2 N–H and O–H groups in total. The minimum absolute atomic E-state index is 0.0841. The van der Waals surface area contributed by atoms with Crippen molar-refractivity contribution >= 4 is 22.5 Å². The number of nitrogens with one attached hydrogen (secondary N) is 1. The van der Waals surface area contributed by atoms with Gasteiger partial charge in [0.2, 0.25) is 0 Å². The van der Waals surface area contributed by atoms with Gasteiger partial charge in [0.1, 0.15) is 11.9 Å². The summed E-state index contributed by atoms with van der Waals surface area (Å²) in [5.74, 6) is 0.331. The van der Waals surface area contributed by atoms with E-state index in [-0.39, 0.29) is 17.8 Å². The Bertz CT molecular complexity index is 991. The summed E-state index contributed by atoms with van der Waals surface area (Å²) >= 11 is 0. The number of carbonyl (C=O) groups excluding carboxylic acids is 1. The van der Waals surface area contributed by atoms with Gasteiger partial charge in [-0.2, -0.15) is 0 Å². The van der Waals surface area contributed by atoms with E-state index >= 15 is 0 Å². The first-order chi connectivity index (χ1) is 11.6. The number of fused-ring (bicyclic) bond motifs is 6. The lowest BCUT2D eigenvalue weighted by molar-refractivity contribution is 0.0634. The van der Waals surface area contributed by atoms with Crippen molar-refractivity contribution in [2.75, 3.05) is 18.5 Å². The first-order valence-electron chi connectivity index (χ1n) is 8.11. The van der Waals surface area contributed by atoms with Crippen LogP contribution >= 0.6 is 0 Å². The highest BCUT2D eigenvalue weighted by atomic mass is 16.3. The van der Waals surface area contributed by atoms with Crippen LogP contribution in [-0.2, 0) is 6.42 Å². The molecule has 0 radical (unpaired) electrons. The Kier molecular flexibility index (Phi) is 2.55. The molecular formula is C19H17N3O2. The number of hydrogen-bond donors (Lipinski definition) is 2. The molecule has 0 aliphatic carbocycles. The van der Waals surface area contributed by atoms with Gasteiger partial charge in [-0.1, -0.05) is 12.1 Å². The molecule has 5 nitrogen and oxygen atoms in total. The highest BCUT2D eigenvalue weighted by molar-refractivity contribution is 6.02. The zero-order chi connectivity index (χ0) is 16.4. The zero-order valence-electron chi connectivity index (χ0n) is 13.3. The molecular weight excluding hydrogens is 302 g/mol. The van der Waals surface area contributed by atoms with Crippen molar-refractivity contribution in [3.8, 4) is 5.75 Å². The summed E-state index contributed by atoms with van der Waals surface area (Å²) in [4.78, 5) is 20.5. The second-order valence-corrected chi connectivity index (χ2v) is 6.50. The number of phenols is 1. The van der Waals surface area contributed by atoms with Crippen LogP contribution in [-0.4, -0.2) is 34.5 Å². The number of rotatable bonds is 0. The van der Waals surface area contributed by atoms with Crippen molar-refractivity contribution in [3.63, 3.8) is 0 Å². The molecule has 0 saturated carbocycles. The van der Waals surface area contributed by atoms with Gasteiger partial charge in [0, 0.05) is 30.6 Å². The lowest BCUT2D eigenvalue weighted by Crippen LogP contribution is -2.51. The smallest absolute Gasteiger partial charge is 0.257 e. The maximum absolute atomic E-state index is 12.9. The fraction of sp³-hybridized carbons (Fsp3) is 0.211. The molecule has 2 aliphatic heterocycles. The van der Waals surface area contributed by atoms with Crippen LogP contribution in [0.15, 0.2) is 42.5 Å². The lowest BCUT2D eigenvalue weighted by atomic mass is 9.96. The number of aromatic amines is 1. The van der Waals surface area contributed by atoms with Crippen molar-refractivity contribution in [3.05, 3.63) is 59.3 Å². The lowest BCUT2D eigenvalue weighted by Gasteiger charge is -2.46. The van der Waals surface area contributed by atoms with Crippen molar-refractivity contribution in [2.45, 2.75) is 12.6 Å². The molecule has 5 heteroatoms. The number of amides is 1. The SMILES string of the molecule is CN1c2ccccc2C(=O)N2CCc3c([nH]c4cc(O)ccc34)C21. The molecule has 2 aliphatic rings. The third-order valence-corrected chi connectivity index (χ3v) is 5.22. The third kappa shape index (κ3) is 1.61. The van der Waals surface area contributed by atoms with Gasteiger partial charge >= 0.3 is 0 Å². The number of benzene rings is 2. The second kappa shape index (κ2) is 4.54. The quantitative estimate of drug-likeness (QED) is 0.669. The molecule has 3 aromatic rings. The van der Waals surface area contributed by atoms with Gasteiger partial charge in [-0.05, 0) is 36.2 Å². The highest BCUT2D eigenvalue weighted by Crippen LogP contribution is 2.43. The topological polar surface area (TPSA) is 59.6 Å². The highest BCUT2D eigenvalue weighted by Gasteiger charge is 2.41. The number of aromatic hydroxyl groups is 1. The summed E-state index contributed by atoms with van der Waals surface area (Å²) in [5, 5.41) is 10.9. The number of hydrogen-bond acceptors (Lipinski definition) is 3. The molecule has 1 aromatic heterocycles. The van der Waals surface area contributed by atoms with Crippen molar-refractivity contribution in [2.24, 2.45) is 0 Å². The van der Waals surface area contributed by atoms with Crippen LogP contribution in [0.5, 0.6) is 5.75 Å². The van der Waals surface area contributed by atoms with E-state index in [1.54, 1.807) is 12.1 Å². The van der Waals surface area contributed by atoms with Crippen LogP contribution in [0.1, 0.15) is 27.8 Å². The minimum Gasteiger partial charge on any atom is -0.508 e. The molecule has 3 heterocycles. The third-order valence-electron chi connectivity index (χ3n) is 5.22. The van der Waals surface area contributed by atoms with Crippen LogP contribution in [0.4, 0.5) is 5.69 Å².